The summed E-state index contributed by atoms with van der Waals surface area (Å²) in [7, 11) is 0. The van der Waals surface area contributed by atoms with Crippen LogP contribution in [-0.2, 0) is 4.74 Å². The van der Waals surface area contributed by atoms with Crippen LogP contribution in [0.3, 0.4) is 0 Å². The van der Waals surface area contributed by atoms with Gasteiger partial charge in [-0.15, -0.1) is 0 Å². The van der Waals surface area contributed by atoms with Gasteiger partial charge in [-0.1, -0.05) is 0 Å². The van der Waals surface area contributed by atoms with E-state index in [0.29, 0.717) is 0 Å². The zero-order valence-corrected chi connectivity index (χ0v) is 6.39. The van der Waals surface area contributed by atoms with Crippen molar-refractivity contribution in [3.05, 3.63) is 0 Å². The smallest absolute Gasteiger partial charge is 0.267 e. The van der Waals surface area contributed by atoms with Crippen molar-refractivity contribution in [2.45, 2.75) is 30.2 Å². The van der Waals surface area contributed by atoms with Crippen LogP contribution in [-0.4, -0.2) is 30.2 Å². The highest BCUT2D eigenvalue weighted by Crippen LogP contribution is 2.58. The summed E-state index contributed by atoms with van der Waals surface area (Å²) in [5, 5.41) is 0. The van der Waals surface area contributed by atoms with Crippen LogP contribution in [0.2, 0.25) is 0 Å². The van der Waals surface area contributed by atoms with Gasteiger partial charge in [0.15, 0.2) is 0 Å². The van der Waals surface area contributed by atoms with E-state index in [1.54, 1.807) is 0 Å². The van der Waals surface area contributed by atoms with Crippen LogP contribution in [0.1, 0.15) is 0 Å². The minimum atomic E-state index is -6.32. The van der Waals surface area contributed by atoms with E-state index >= 15 is 0 Å². The Bertz CT molecular complexity index is 270. The molecule has 1 aliphatic rings. The van der Waals surface area contributed by atoms with Crippen molar-refractivity contribution in [3.8, 4) is 0 Å². The molecule has 1 fully saturated rings. The van der Waals surface area contributed by atoms with Crippen LogP contribution in [0, 0.1) is 0 Å². The number of ether oxygens (including phenoxy) is 1. The molecule has 0 N–H and O–H groups in total. The molecular weight excluding hydrogens is 247 g/mol. The van der Waals surface area contributed by atoms with E-state index in [9.17, 15) is 39.5 Å². The van der Waals surface area contributed by atoms with Gasteiger partial charge >= 0.3 is 24.1 Å². The van der Waals surface area contributed by atoms with Crippen molar-refractivity contribution in [2.75, 3.05) is 0 Å². The summed E-state index contributed by atoms with van der Waals surface area (Å²) < 4.78 is 110. The molecule has 15 heavy (non-hydrogen) atoms. The molecule has 2 atom stereocenters. The largest absolute Gasteiger partial charge is 0.451 e. The molecule has 0 bridgehead atoms. The van der Waals surface area contributed by atoms with Crippen LogP contribution in [0.25, 0.3) is 0 Å². The topological polar surface area (TPSA) is 9.23 Å². The SMILES string of the molecule is F[C@@H]1C(F)(F)C(F)(F)O[C@@]1(F)C(F)(F)F. The first kappa shape index (κ1) is 12.4. The van der Waals surface area contributed by atoms with E-state index in [0.717, 1.165) is 0 Å². The van der Waals surface area contributed by atoms with Gasteiger partial charge in [0, 0.05) is 0 Å². The predicted molar refractivity (Wildman–Crippen MR) is 25.8 cm³/mol. The van der Waals surface area contributed by atoms with Crippen molar-refractivity contribution in [3.63, 3.8) is 0 Å². The quantitative estimate of drug-likeness (QED) is 0.599. The highest BCUT2D eigenvalue weighted by atomic mass is 19.4. The lowest BCUT2D eigenvalue weighted by molar-refractivity contribution is -0.393. The monoisotopic (exact) mass is 248 g/mol. The highest BCUT2D eigenvalue weighted by Gasteiger charge is 2.86. The maximum Gasteiger partial charge on any atom is 0.451 e. The number of rotatable bonds is 0. The number of hydrogen-bond acceptors (Lipinski definition) is 1. The van der Waals surface area contributed by atoms with E-state index in [1.165, 1.54) is 0 Å². The molecule has 1 rings (SSSR count). The maximum atomic E-state index is 12.5. The highest BCUT2D eigenvalue weighted by molar-refractivity contribution is 5.05. The Morgan fingerprint density at radius 3 is 1.47 bits per heavy atom. The molecule has 1 heterocycles. The van der Waals surface area contributed by atoms with Gasteiger partial charge in [-0.25, -0.2) is 4.39 Å². The first-order chi connectivity index (χ1) is 6.36. The van der Waals surface area contributed by atoms with Crippen LogP contribution in [0.4, 0.5) is 39.5 Å². The molecule has 90 valence electrons. The Hall–Kier alpha value is -0.670. The number of alkyl halides is 9. The summed E-state index contributed by atoms with van der Waals surface area (Å²) in [6.45, 7) is 0. The second kappa shape index (κ2) is 2.71. The molecule has 1 nitrogen and oxygen atoms in total. The van der Waals surface area contributed by atoms with Gasteiger partial charge in [0.05, 0.1) is 0 Å². The molecule has 0 aromatic carbocycles. The fourth-order valence-electron chi connectivity index (χ4n) is 0.889. The average molecular weight is 248 g/mol. The molecular formula is C5HF9O. The van der Waals surface area contributed by atoms with Crippen LogP contribution in [0.5, 0.6) is 0 Å². The zero-order chi connectivity index (χ0) is 12.3. The van der Waals surface area contributed by atoms with Crippen molar-refractivity contribution in [1.29, 1.82) is 0 Å². The van der Waals surface area contributed by atoms with Crippen molar-refractivity contribution in [1.82, 2.24) is 0 Å². The van der Waals surface area contributed by atoms with E-state index < -0.39 is 30.2 Å². The predicted octanol–water partition coefficient (Wildman–Crippen LogP) is 2.81. The van der Waals surface area contributed by atoms with Gasteiger partial charge in [-0.05, 0) is 0 Å². The van der Waals surface area contributed by atoms with E-state index in [4.69, 9.17) is 0 Å². The van der Waals surface area contributed by atoms with Crippen LogP contribution in [0.15, 0.2) is 0 Å². The van der Waals surface area contributed by atoms with Crippen molar-refractivity contribution in [2.24, 2.45) is 0 Å². The first-order valence-electron chi connectivity index (χ1n) is 3.22. The summed E-state index contributed by atoms with van der Waals surface area (Å²) in [4.78, 5) is 0. The molecule has 0 unspecified atom stereocenters. The third kappa shape index (κ3) is 1.37. The second-order valence-corrected chi connectivity index (χ2v) is 2.75. The van der Waals surface area contributed by atoms with Gasteiger partial charge in [0.1, 0.15) is 0 Å². The molecule has 1 aliphatic heterocycles. The van der Waals surface area contributed by atoms with Gasteiger partial charge in [-0.2, -0.15) is 35.1 Å². The van der Waals surface area contributed by atoms with E-state index in [2.05, 4.69) is 4.74 Å². The number of halogens is 9. The standard InChI is InChI=1S/C5HF9O/c6-1-2(7,8)5(13,14)15-3(1,9)4(10,11)12/h1H/t1-,3-/m1/s1. The lowest BCUT2D eigenvalue weighted by atomic mass is 10.1. The molecule has 0 aromatic rings. The Labute approximate surface area is 75.8 Å². The second-order valence-electron chi connectivity index (χ2n) is 2.75. The van der Waals surface area contributed by atoms with Crippen LogP contribution >= 0.6 is 0 Å². The Morgan fingerprint density at radius 1 is 0.933 bits per heavy atom. The minimum absolute atomic E-state index is 2.18. The molecule has 0 aliphatic carbocycles. The van der Waals surface area contributed by atoms with Crippen molar-refractivity contribution >= 4 is 0 Å². The van der Waals surface area contributed by atoms with Gasteiger partial charge < -0.3 is 0 Å². The van der Waals surface area contributed by atoms with Gasteiger partial charge in [0.2, 0.25) is 6.17 Å². The third-order valence-corrected chi connectivity index (χ3v) is 1.70. The molecule has 0 radical (unpaired) electrons. The van der Waals surface area contributed by atoms with Gasteiger partial charge in [-0.3, -0.25) is 4.74 Å². The molecule has 0 aromatic heterocycles. The molecule has 10 heteroatoms. The summed E-state index contributed by atoms with van der Waals surface area (Å²) in [6, 6.07) is 0. The summed E-state index contributed by atoms with van der Waals surface area (Å²) in [6.07, 6.45) is -17.0. The fourth-order valence-corrected chi connectivity index (χ4v) is 0.889. The summed E-state index contributed by atoms with van der Waals surface area (Å²) in [5.41, 5.74) is 0. The van der Waals surface area contributed by atoms with Gasteiger partial charge in [0.25, 0.3) is 0 Å². The molecule has 0 spiro atoms. The van der Waals surface area contributed by atoms with Crippen LogP contribution < -0.4 is 0 Å². The minimum Gasteiger partial charge on any atom is -0.267 e. The molecule has 0 amide bonds. The van der Waals surface area contributed by atoms with Crippen molar-refractivity contribution < 1.29 is 44.3 Å². The third-order valence-electron chi connectivity index (χ3n) is 1.70. The normalized spacial score (nSPS) is 39.4. The Kier molecular flexibility index (Phi) is 2.24. The fraction of sp³-hybridized carbons (Fsp3) is 1.00. The maximum absolute atomic E-state index is 12.5. The lowest BCUT2D eigenvalue weighted by Crippen LogP contribution is -2.50. The Morgan fingerprint density at radius 2 is 1.33 bits per heavy atom. The first-order valence-corrected chi connectivity index (χ1v) is 3.22. The average Bonchev–Trinajstić information content (AvgIpc) is 2.09. The van der Waals surface area contributed by atoms with E-state index in [-0.39, 0.29) is 0 Å². The number of hydrogen-bond donors (Lipinski definition) is 0. The zero-order valence-electron chi connectivity index (χ0n) is 6.39. The summed E-state index contributed by atoms with van der Waals surface area (Å²) >= 11 is 0. The molecule has 0 saturated carbocycles. The lowest BCUT2D eigenvalue weighted by Gasteiger charge is -2.23. The van der Waals surface area contributed by atoms with E-state index in [1.807, 2.05) is 0 Å². The molecule has 1 saturated heterocycles. The summed E-state index contributed by atoms with van der Waals surface area (Å²) in [5.74, 6) is -11.6. The Balaban J connectivity index is 3.21.